The number of thioether (sulfide) groups is 1. The van der Waals surface area contributed by atoms with Crippen LogP contribution in [-0.2, 0) is 0 Å². The number of hydrogen-bond acceptors (Lipinski definition) is 3. The number of halogens is 1. The highest BCUT2D eigenvalue weighted by Crippen LogP contribution is 2.24. The summed E-state index contributed by atoms with van der Waals surface area (Å²) >= 11 is 1.26. The molecule has 1 rings (SSSR count). The molecule has 0 saturated carbocycles. The van der Waals surface area contributed by atoms with E-state index >= 15 is 0 Å². The summed E-state index contributed by atoms with van der Waals surface area (Å²) in [6.07, 6.45) is 0. The van der Waals surface area contributed by atoms with Crippen molar-refractivity contribution in [3.63, 3.8) is 0 Å². The van der Waals surface area contributed by atoms with E-state index in [-0.39, 0.29) is 11.6 Å². The summed E-state index contributed by atoms with van der Waals surface area (Å²) in [5.41, 5.74) is 0.387. The van der Waals surface area contributed by atoms with Crippen LogP contribution in [0, 0.1) is 5.82 Å². The fourth-order valence-electron chi connectivity index (χ4n) is 1.12. The number of hydrogen-bond donors (Lipinski definition) is 0. The van der Waals surface area contributed by atoms with Crippen LogP contribution >= 0.6 is 21.0 Å². The number of benzene rings is 1. The van der Waals surface area contributed by atoms with E-state index in [4.69, 9.17) is 0 Å². The largest absolute Gasteiger partial charge is 0.295 e. The van der Waals surface area contributed by atoms with Crippen LogP contribution < -0.4 is 5.30 Å². The predicted molar refractivity (Wildman–Crippen MR) is 70.6 cm³/mol. The number of nitrogens with zero attached hydrogens (tertiary/aromatic N) is 1. The van der Waals surface area contributed by atoms with Crippen molar-refractivity contribution >= 4 is 37.1 Å². The minimum Gasteiger partial charge on any atom is -0.295 e. The molecular weight excluding hydrogens is 244 g/mol. The smallest absolute Gasteiger partial charge is 0.159 e. The van der Waals surface area contributed by atoms with Gasteiger partial charge in [0.2, 0.25) is 0 Å². The minimum atomic E-state index is -0.384. The number of carbonyl (C=O) groups excluding carboxylic acids is 1. The summed E-state index contributed by atoms with van der Waals surface area (Å²) in [5, 5.41) is 1.45. The lowest BCUT2D eigenvalue weighted by atomic mass is 10.1. The van der Waals surface area contributed by atoms with Crippen LogP contribution in [0.5, 0.6) is 0 Å². The van der Waals surface area contributed by atoms with E-state index in [0.29, 0.717) is 15.8 Å². The van der Waals surface area contributed by atoms with Gasteiger partial charge in [-0.05, 0) is 31.3 Å². The first kappa shape index (κ1) is 13.3. The van der Waals surface area contributed by atoms with Crippen molar-refractivity contribution in [2.45, 2.75) is 18.7 Å². The Labute approximate surface area is 101 Å². The van der Waals surface area contributed by atoms with Gasteiger partial charge in [-0.25, -0.2) is 4.39 Å². The maximum atomic E-state index is 13.7. The topological polar surface area (TPSA) is 29.4 Å². The molecule has 5 heteroatoms. The summed E-state index contributed by atoms with van der Waals surface area (Å²) in [7, 11) is 4.10. The second-order valence-corrected chi connectivity index (χ2v) is 5.10. The fraction of sp³-hybridized carbons (Fsp3) is 0.273. The molecule has 0 spiro atoms. The summed E-state index contributed by atoms with van der Waals surface area (Å²) in [4.78, 5) is 15.6. The molecule has 0 saturated heterocycles. The van der Waals surface area contributed by atoms with E-state index in [1.54, 1.807) is 13.1 Å². The number of aliphatic imine (C=N–C) groups is 1. The summed E-state index contributed by atoms with van der Waals surface area (Å²) in [6, 6.07) is 2.93. The quantitative estimate of drug-likeness (QED) is 0.268. The van der Waals surface area contributed by atoms with Crippen molar-refractivity contribution in [1.29, 1.82) is 0 Å². The molecule has 0 bridgehead atoms. The zero-order chi connectivity index (χ0) is 12.3. The first-order valence-electron chi connectivity index (χ1n) is 4.67. The second kappa shape index (κ2) is 5.55. The molecule has 0 heterocycles. The minimum absolute atomic E-state index is 0.139. The average molecular weight is 257 g/mol. The molecule has 1 aromatic rings. The van der Waals surface area contributed by atoms with Gasteiger partial charge in [0, 0.05) is 12.6 Å². The third kappa shape index (κ3) is 3.13. The highest BCUT2D eigenvalue weighted by molar-refractivity contribution is 8.14. The molecule has 0 N–H and O–H groups in total. The van der Waals surface area contributed by atoms with Gasteiger partial charge in [0.25, 0.3) is 0 Å². The van der Waals surface area contributed by atoms with Gasteiger partial charge < -0.3 is 0 Å². The molecule has 2 nitrogen and oxygen atoms in total. The Bertz CT molecular complexity index is 436. The molecule has 1 unspecified atom stereocenters. The standard InChI is InChI=1S/C11H13FNOPS/c1-6(14)8-4-9(12)11(10(15)5-8)16-7(2)13-3/h4-5H,15H2,1-3H3. The van der Waals surface area contributed by atoms with E-state index in [1.165, 1.54) is 24.8 Å². The highest BCUT2D eigenvalue weighted by Gasteiger charge is 2.12. The molecule has 1 aromatic carbocycles. The van der Waals surface area contributed by atoms with E-state index in [0.717, 1.165) is 5.04 Å². The lowest BCUT2D eigenvalue weighted by Gasteiger charge is -2.08. The number of ketones is 1. The second-order valence-electron chi connectivity index (χ2n) is 3.28. The number of rotatable bonds is 2. The van der Waals surface area contributed by atoms with Gasteiger partial charge >= 0.3 is 0 Å². The van der Waals surface area contributed by atoms with E-state index in [1.807, 2.05) is 6.92 Å². The Morgan fingerprint density at radius 3 is 2.50 bits per heavy atom. The lowest BCUT2D eigenvalue weighted by Crippen LogP contribution is -2.06. The van der Waals surface area contributed by atoms with E-state index in [9.17, 15) is 9.18 Å². The van der Waals surface area contributed by atoms with Crippen molar-refractivity contribution in [1.82, 2.24) is 0 Å². The normalized spacial score (nSPS) is 11.7. The van der Waals surface area contributed by atoms with Gasteiger partial charge in [-0.15, -0.1) is 9.24 Å². The first-order valence-corrected chi connectivity index (χ1v) is 6.06. The highest BCUT2D eigenvalue weighted by atomic mass is 32.2. The van der Waals surface area contributed by atoms with Gasteiger partial charge in [0.15, 0.2) is 5.78 Å². The average Bonchev–Trinajstić information content (AvgIpc) is 2.22. The Hall–Kier alpha value is -0.730. The Kier molecular flexibility index (Phi) is 4.63. The van der Waals surface area contributed by atoms with Crippen LogP contribution in [0.25, 0.3) is 0 Å². The molecule has 0 amide bonds. The Morgan fingerprint density at radius 2 is 2.06 bits per heavy atom. The Balaban J connectivity index is 3.17. The van der Waals surface area contributed by atoms with E-state index in [2.05, 4.69) is 14.2 Å². The summed E-state index contributed by atoms with van der Waals surface area (Å²) < 4.78 is 13.7. The first-order chi connectivity index (χ1) is 7.45. The molecule has 86 valence electrons. The molecule has 0 aliphatic rings. The third-order valence-electron chi connectivity index (χ3n) is 2.04. The molecular formula is C11H13FNOPS. The van der Waals surface area contributed by atoms with Crippen molar-refractivity contribution in [3.05, 3.63) is 23.5 Å². The summed E-state index contributed by atoms with van der Waals surface area (Å²) in [6.45, 7) is 3.23. The number of Topliss-reactive ketones (excluding diaryl/α,β-unsaturated/α-hetero) is 1. The molecule has 0 radical (unpaired) electrons. The van der Waals surface area contributed by atoms with Crippen LogP contribution in [0.3, 0.4) is 0 Å². The monoisotopic (exact) mass is 257 g/mol. The zero-order valence-corrected chi connectivity index (χ0v) is 11.3. The molecule has 0 aliphatic heterocycles. The van der Waals surface area contributed by atoms with Gasteiger partial charge in [0.1, 0.15) is 5.82 Å². The predicted octanol–water partition coefficient (Wildman–Crippen LogP) is 2.67. The Morgan fingerprint density at radius 1 is 1.44 bits per heavy atom. The van der Waals surface area contributed by atoms with Crippen LogP contribution in [0.1, 0.15) is 24.2 Å². The SMILES string of the molecule is CN=C(C)Sc1c(F)cc(C(C)=O)cc1P. The third-order valence-corrected chi connectivity index (χ3v) is 3.82. The molecule has 0 fully saturated rings. The van der Waals surface area contributed by atoms with Crippen LogP contribution in [0.4, 0.5) is 4.39 Å². The van der Waals surface area contributed by atoms with E-state index < -0.39 is 0 Å². The maximum Gasteiger partial charge on any atom is 0.159 e. The molecule has 0 aromatic heterocycles. The number of carbonyl (C=O) groups is 1. The van der Waals surface area contributed by atoms with Crippen molar-refractivity contribution in [2.24, 2.45) is 4.99 Å². The van der Waals surface area contributed by atoms with Crippen molar-refractivity contribution in [3.8, 4) is 0 Å². The molecule has 0 aliphatic carbocycles. The van der Waals surface area contributed by atoms with Crippen LogP contribution in [-0.4, -0.2) is 17.9 Å². The molecule has 16 heavy (non-hydrogen) atoms. The van der Waals surface area contributed by atoms with Crippen molar-refractivity contribution < 1.29 is 9.18 Å². The van der Waals surface area contributed by atoms with Gasteiger partial charge in [-0.3, -0.25) is 9.79 Å². The van der Waals surface area contributed by atoms with Gasteiger partial charge in [-0.2, -0.15) is 0 Å². The van der Waals surface area contributed by atoms with Crippen LogP contribution in [0.15, 0.2) is 22.0 Å². The lowest BCUT2D eigenvalue weighted by molar-refractivity contribution is 0.101. The van der Waals surface area contributed by atoms with Crippen LogP contribution in [0.2, 0.25) is 0 Å². The fourth-order valence-corrected chi connectivity index (χ4v) is 2.33. The zero-order valence-electron chi connectivity index (χ0n) is 9.37. The van der Waals surface area contributed by atoms with Gasteiger partial charge in [0.05, 0.1) is 9.94 Å². The van der Waals surface area contributed by atoms with Gasteiger partial charge in [-0.1, -0.05) is 11.8 Å². The summed E-state index contributed by atoms with van der Waals surface area (Å²) in [5.74, 6) is -0.522. The molecule has 1 atom stereocenters. The maximum absolute atomic E-state index is 13.7. The van der Waals surface area contributed by atoms with Crippen molar-refractivity contribution in [2.75, 3.05) is 7.05 Å².